The molecule has 0 aromatic carbocycles. The van der Waals surface area contributed by atoms with Gasteiger partial charge in [-0.25, -0.2) is 0 Å². The fraction of sp³-hybridized carbons (Fsp3) is 0.250. The van der Waals surface area contributed by atoms with Gasteiger partial charge in [0.2, 0.25) is 0 Å². The summed E-state index contributed by atoms with van der Waals surface area (Å²) in [5.74, 6) is 0.591. The molecule has 0 bridgehead atoms. The molecule has 1 rings (SSSR count). The normalized spacial score (nSPS) is 9.00. The first-order valence-electron chi connectivity index (χ1n) is 3.51. The zero-order chi connectivity index (χ0) is 8.81. The second-order valence-corrected chi connectivity index (χ2v) is 2.14. The van der Waals surface area contributed by atoms with E-state index < -0.39 is 0 Å². The third kappa shape index (κ3) is 2.22. The van der Waals surface area contributed by atoms with Gasteiger partial charge in [0, 0.05) is 6.54 Å². The zero-order valence-corrected chi connectivity index (χ0v) is 6.53. The number of ether oxygens (including phenoxy) is 1. The van der Waals surface area contributed by atoms with Crippen LogP contribution in [0.3, 0.4) is 0 Å². The molecule has 0 aliphatic carbocycles. The highest BCUT2D eigenvalue weighted by Crippen LogP contribution is 2.07. The van der Waals surface area contributed by atoms with Gasteiger partial charge in [0.25, 0.3) is 0 Å². The Morgan fingerprint density at radius 3 is 2.92 bits per heavy atom. The fourth-order valence-electron chi connectivity index (χ4n) is 0.733. The molecule has 0 radical (unpaired) electrons. The fourth-order valence-corrected chi connectivity index (χ4v) is 0.733. The number of pyridine rings is 1. The SMILES string of the molecule is N#CCOc1ccc(CN)nc1. The molecule has 1 heterocycles. The lowest BCUT2D eigenvalue weighted by atomic mass is 10.3. The molecular formula is C8H9N3O. The molecule has 0 saturated heterocycles. The molecule has 0 spiro atoms. The summed E-state index contributed by atoms with van der Waals surface area (Å²) in [6.45, 7) is 0.460. The third-order valence-electron chi connectivity index (χ3n) is 1.31. The third-order valence-corrected chi connectivity index (χ3v) is 1.31. The van der Waals surface area contributed by atoms with Gasteiger partial charge in [-0.15, -0.1) is 0 Å². The highest BCUT2D eigenvalue weighted by molar-refractivity contribution is 5.19. The summed E-state index contributed by atoms with van der Waals surface area (Å²) in [6.07, 6.45) is 1.56. The Labute approximate surface area is 70.6 Å². The average Bonchev–Trinajstić information content (AvgIpc) is 2.15. The molecular weight excluding hydrogens is 154 g/mol. The predicted molar refractivity (Wildman–Crippen MR) is 43.2 cm³/mol. The lowest BCUT2D eigenvalue weighted by molar-refractivity contribution is 0.366. The Kier molecular flexibility index (Phi) is 3.05. The lowest BCUT2D eigenvalue weighted by Gasteiger charge is -2.00. The Bertz CT molecular complexity index is 275. The van der Waals surface area contributed by atoms with E-state index in [4.69, 9.17) is 15.7 Å². The summed E-state index contributed by atoms with van der Waals surface area (Å²) < 4.78 is 4.99. The molecule has 0 aliphatic rings. The summed E-state index contributed by atoms with van der Waals surface area (Å²) in [7, 11) is 0. The summed E-state index contributed by atoms with van der Waals surface area (Å²) in [5.41, 5.74) is 6.15. The second-order valence-electron chi connectivity index (χ2n) is 2.14. The molecule has 4 heteroatoms. The maximum atomic E-state index is 8.21. The topological polar surface area (TPSA) is 71.9 Å². The van der Waals surface area contributed by atoms with E-state index in [1.165, 1.54) is 0 Å². The monoisotopic (exact) mass is 163 g/mol. The van der Waals surface area contributed by atoms with Crippen molar-refractivity contribution in [3.8, 4) is 11.8 Å². The molecule has 62 valence electrons. The predicted octanol–water partition coefficient (Wildman–Crippen LogP) is 0.443. The minimum atomic E-state index is 0.0453. The number of hydrogen-bond donors (Lipinski definition) is 1. The van der Waals surface area contributed by atoms with Crippen LogP contribution in [-0.4, -0.2) is 11.6 Å². The van der Waals surface area contributed by atoms with E-state index in [1.54, 1.807) is 18.3 Å². The van der Waals surface area contributed by atoms with Crippen LogP contribution in [0.1, 0.15) is 5.69 Å². The van der Waals surface area contributed by atoms with Crippen LogP contribution >= 0.6 is 0 Å². The van der Waals surface area contributed by atoms with Gasteiger partial charge < -0.3 is 10.5 Å². The first-order valence-corrected chi connectivity index (χ1v) is 3.51. The average molecular weight is 163 g/mol. The molecule has 0 amide bonds. The minimum Gasteiger partial charge on any atom is -0.477 e. The number of hydrogen-bond acceptors (Lipinski definition) is 4. The van der Waals surface area contributed by atoms with Crippen molar-refractivity contribution in [2.75, 3.05) is 6.61 Å². The smallest absolute Gasteiger partial charge is 0.174 e. The van der Waals surface area contributed by atoms with E-state index in [0.29, 0.717) is 12.3 Å². The molecule has 0 saturated carbocycles. The highest BCUT2D eigenvalue weighted by atomic mass is 16.5. The molecule has 0 atom stereocenters. The lowest BCUT2D eigenvalue weighted by Crippen LogP contribution is -2.00. The number of aromatic nitrogens is 1. The zero-order valence-electron chi connectivity index (χ0n) is 6.53. The Morgan fingerprint density at radius 1 is 1.58 bits per heavy atom. The minimum absolute atomic E-state index is 0.0453. The first-order chi connectivity index (χ1) is 5.86. The van der Waals surface area contributed by atoms with Gasteiger partial charge >= 0.3 is 0 Å². The molecule has 4 nitrogen and oxygen atoms in total. The van der Waals surface area contributed by atoms with Gasteiger partial charge in [0.1, 0.15) is 11.8 Å². The number of nitrogens with zero attached hydrogens (tertiary/aromatic N) is 2. The van der Waals surface area contributed by atoms with Crippen LogP contribution in [0.4, 0.5) is 0 Å². The van der Waals surface area contributed by atoms with Crippen LogP contribution in [0.15, 0.2) is 18.3 Å². The maximum absolute atomic E-state index is 8.21. The van der Waals surface area contributed by atoms with Gasteiger partial charge in [0.15, 0.2) is 6.61 Å². The van der Waals surface area contributed by atoms with E-state index in [9.17, 15) is 0 Å². The van der Waals surface area contributed by atoms with Crippen LogP contribution in [0.25, 0.3) is 0 Å². The van der Waals surface area contributed by atoms with Crippen molar-refractivity contribution in [2.24, 2.45) is 5.73 Å². The van der Waals surface area contributed by atoms with Crippen LogP contribution in [-0.2, 0) is 6.54 Å². The van der Waals surface area contributed by atoms with Gasteiger partial charge in [-0.05, 0) is 12.1 Å². The quantitative estimate of drug-likeness (QED) is 0.701. The van der Waals surface area contributed by atoms with Crippen LogP contribution < -0.4 is 10.5 Å². The van der Waals surface area contributed by atoms with Crippen molar-refractivity contribution in [1.82, 2.24) is 4.98 Å². The van der Waals surface area contributed by atoms with Gasteiger partial charge in [-0.3, -0.25) is 4.98 Å². The number of rotatable bonds is 3. The van der Waals surface area contributed by atoms with Crippen LogP contribution in [0.5, 0.6) is 5.75 Å². The van der Waals surface area contributed by atoms with Crippen LogP contribution in [0, 0.1) is 11.3 Å². The molecule has 1 aromatic rings. The Morgan fingerprint density at radius 2 is 2.42 bits per heavy atom. The van der Waals surface area contributed by atoms with E-state index in [-0.39, 0.29) is 6.61 Å². The van der Waals surface area contributed by atoms with Crippen molar-refractivity contribution in [3.05, 3.63) is 24.0 Å². The van der Waals surface area contributed by atoms with Gasteiger partial charge in [-0.2, -0.15) is 5.26 Å². The van der Waals surface area contributed by atoms with E-state index in [1.807, 2.05) is 6.07 Å². The molecule has 12 heavy (non-hydrogen) atoms. The molecule has 0 aliphatic heterocycles. The van der Waals surface area contributed by atoms with E-state index >= 15 is 0 Å². The molecule has 0 fully saturated rings. The van der Waals surface area contributed by atoms with Crippen molar-refractivity contribution in [2.45, 2.75) is 6.54 Å². The van der Waals surface area contributed by atoms with Crippen molar-refractivity contribution >= 4 is 0 Å². The van der Waals surface area contributed by atoms with Gasteiger partial charge in [0.05, 0.1) is 11.9 Å². The largest absolute Gasteiger partial charge is 0.477 e. The first kappa shape index (κ1) is 8.50. The maximum Gasteiger partial charge on any atom is 0.174 e. The summed E-state index contributed by atoms with van der Waals surface area (Å²) in [5, 5.41) is 8.21. The van der Waals surface area contributed by atoms with Crippen molar-refractivity contribution in [1.29, 1.82) is 5.26 Å². The highest BCUT2D eigenvalue weighted by Gasteiger charge is 1.93. The van der Waals surface area contributed by atoms with E-state index in [0.717, 1.165) is 5.69 Å². The standard InChI is InChI=1S/C8H9N3O/c9-3-4-12-8-2-1-7(5-10)11-6-8/h1-2,6H,4-5,10H2. The van der Waals surface area contributed by atoms with E-state index in [2.05, 4.69) is 4.98 Å². The summed E-state index contributed by atoms with van der Waals surface area (Å²) in [4.78, 5) is 3.99. The molecule has 2 N–H and O–H groups in total. The van der Waals surface area contributed by atoms with Crippen molar-refractivity contribution in [3.63, 3.8) is 0 Å². The Balaban J connectivity index is 2.60. The number of nitriles is 1. The summed E-state index contributed by atoms with van der Waals surface area (Å²) in [6, 6.07) is 5.38. The second kappa shape index (κ2) is 4.31. The summed E-state index contributed by atoms with van der Waals surface area (Å²) >= 11 is 0. The molecule has 0 unspecified atom stereocenters. The molecule has 1 aromatic heterocycles. The van der Waals surface area contributed by atoms with Crippen LogP contribution in [0.2, 0.25) is 0 Å². The number of nitrogens with two attached hydrogens (primary N) is 1. The Hall–Kier alpha value is -1.60. The van der Waals surface area contributed by atoms with Crippen molar-refractivity contribution < 1.29 is 4.74 Å². The van der Waals surface area contributed by atoms with Gasteiger partial charge in [-0.1, -0.05) is 0 Å².